The van der Waals surface area contributed by atoms with Gasteiger partial charge >= 0.3 is 0 Å². The fraction of sp³-hybridized carbons (Fsp3) is 0.600. The van der Waals surface area contributed by atoms with Crippen molar-refractivity contribution in [1.29, 1.82) is 0 Å². The minimum atomic E-state index is -0.269. The second-order valence-corrected chi connectivity index (χ2v) is 8.51. The number of carbonyl (C=O) groups is 2. The molecule has 2 amide bonds. The Hall–Kier alpha value is -1.66. The van der Waals surface area contributed by atoms with E-state index >= 15 is 0 Å². The molecule has 3 fully saturated rings. The van der Waals surface area contributed by atoms with Crippen LogP contribution in [0, 0.1) is 0 Å². The summed E-state index contributed by atoms with van der Waals surface area (Å²) in [6.07, 6.45) is 8.91. The van der Waals surface area contributed by atoms with E-state index in [1.165, 1.54) is 0 Å². The van der Waals surface area contributed by atoms with Gasteiger partial charge in [-0.2, -0.15) is 0 Å². The molecular weight excluding hydrogens is 348 g/mol. The second kappa shape index (κ2) is 7.53. The summed E-state index contributed by atoms with van der Waals surface area (Å²) < 4.78 is 6.27. The molecule has 1 aromatic rings. The maximum Gasteiger partial charge on any atom is 0.251 e. The third-order valence-corrected chi connectivity index (χ3v) is 6.70. The molecule has 0 bridgehead atoms. The largest absolute Gasteiger partial charge is 0.362 e. The van der Waals surface area contributed by atoms with E-state index in [4.69, 9.17) is 4.74 Å². The molecule has 4 rings (SSSR count). The van der Waals surface area contributed by atoms with Crippen molar-refractivity contribution < 1.29 is 14.3 Å². The average molecular weight is 375 g/mol. The summed E-state index contributed by atoms with van der Waals surface area (Å²) in [6.45, 7) is 3.17. The summed E-state index contributed by atoms with van der Waals surface area (Å²) in [6, 6.07) is 3.99. The predicted octanol–water partition coefficient (Wildman–Crippen LogP) is 2.92. The van der Waals surface area contributed by atoms with Gasteiger partial charge in [-0.05, 0) is 56.0 Å². The molecule has 5 nitrogen and oxygen atoms in total. The first-order chi connectivity index (χ1) is 12.7. The Morgan fingerprint density at radius 1 is 1.12 bits per heavy atom. The molecular formula is C20H26N2O3S. The van der Waals surface area contributed by atoms with Gasteiger partial charge < -0.3 is 14.5 Å². The predicted molar refractivity (Wildman–Crippen MR) is 102 cm³/mol. The first kappa shape index (κ1) is 17.7. The Bertz CT molecular complexity index is 671. The first-order valence-corrected chi connectivity index (χ1v) is 10.5. The fourth-order valence-corrected chi connectivity index (χ4v) is 4.89. The normalized spacial score (nSPS) is 25.5. The van der Waals surface area contributed by atoms with Crippen LogP contribution in [0.3, 0.4) is 0 Å². The van der Waals surface area contributed by atoms with E-state index in [1.807, 2.05) is 33.4 Å². The zero-order chi connectivity index (χ0) is 18.0. The smallest absolute Gasteiger partial charge is 0.251 e. The molecule has 3 saturated heterocycles. The molecule has 0 saturated carbocycles. The van der Waals surface area contributed by atoms with E-state index in [0.29, 0.717) is 13.1 Å². The van der Waals surface area contributed by atoms with Gasteiger partial charge in [0.25, 0.3) is 5.91 Å². The van der Waals surface area contributed by atoms with Crippen LogP contribution in [0.1, 0.15) is 43.4 Å². The second-order valence-electron chi connectivity index (χ2n) is 7.53. The van der Waals surface area contributed by atoms with Crippen LogP contribution in [0.5, 0.6) is 0 Å². The Labute approximate surface area is 158 Å². The van der Waals surface area contributed by atoms with E-state index in [2.05, 4.69) is 0 Å². The van der Waals surface area contributed by atoms with Crippen LogP contribution in [-0.4, -0.2) is 59.5 Å². The van der Waals surface area contributed by atoms with Gasteiger partial charge in [0.15, 0.2) is 0 Å². The maximum absolute atomic E-state index is 12.6. The highest BCUT2D eigenvalue weighted by atomic mass is 32.1. The lowest BCUT2D eigenvalue weighted by molar-refractivity contribution is -0.152. The van der Waals surface area contributed by atoms with Crippen molar-refractivity contribution in [3.05, 3.63) is 28.5 Å². The van der Waals surface area contributed by atoms with Gasteiger partial charge in [0.1, 0.15) is 6.10 Å². The SMILES string of the molecule is O=C(/C=C/c1cccs1)N1CCC2(CCC(C(=O)N3CCCC3)O2)CC1. The molecule has 0 aliphatic carbocycles. The molecule has 1 spiro atoms. The molecule has 26 heavy (non-hydrogen) atoms. The van der Waals surface area contributed by atoms with Crippen LogP contribution >= 0.6 is 11.3 Å². The number of thiophene rings is 1. The standard InChI is InChI=1S/C20H26N2O3S/c23-18(6-5-16-4-3-15-26-16)21-13-9-20(10-14-21)8-7-17(25-20)19(24)22-11-1-2-12-22/h3-6,15,17H,1-2,7-14H2/b6-5+. The molecule has 3 aliphatic heterocycles. The lowest BCUT2D eigenvalue weighted by Gasteiger charge is -2.38. The minimum absolute atomic E-state index is 0.0657. The van der Waals surface area contributed by atoms with E-state index in [1.54, 1.807) is 17.4 Å². The number of carbonyl (C=O) groups excluding carboxylic acids is 2. The molecule has 1 aromatic heterocycles. The highest BCUT2D eigenvalue weighted by Gasteiger charge is 2.46. The van der Waals surface area contributed by atoms with Crippen LogP contribution in [0.2, 0.25) is 0 Å². The number of likely N-dealkylation sites (tertiary alicyclic amines) is 2. The molecule has 1 atom stereocenters. The van der Waals surface area contributed by atoms with Crippen molar-refractivity contribution in [1.82, 2.24) is 9.80 Å². The van der Waals surface area contributed by atoms with Crippen molar-refractivity contribution in [2.24, 2.45) is 0 Å². The summed E-state index contributed by atoms with van der Waals surface area (Å²) >= 11 is 1.63. The quantitative estimate of drug-likeness (QED) is 0.765. The maximum atomic E-state index is 12.6. The summed E-state index contributed by atoms with van der Waals surface area (Å²) in [5.74, 6) is 0.243. The summed E-state index contributed by atoms with van der Waals surface area (Å²) in [5, 5.41) is 2.01. The van der Waals surface area contributed by atoms with Gasteiger partial charge in [0.2, 0.25) is 5.91 Å². The lowest BCUT2D eigenvalue weighted by Crippen LogP contribution is -2.47. The Morgan fingerprint density at radius 2 is 1.88 bits per heavy atom. The number of piperidine rings is 1. The molecule has 1 unspecified atom stereocenters. The van der Waals surface area contributed by atoms with E-state index in [9.17, 15) is 9.59 Å². The van der Waals surface area contributed by atoms with E-state index < -0.39 is 0 Å². The van der Waals surface area contributed by atoms with Crippen molar-refractivity contribution in [3.8, 4) is 0 Å². The number of hydrogen-bond donors (Lipinski definition) is 0. The van der Waals surface area contributed by atoms with Crippen molar-refractivity contribution >= 4 is 29.2 Å². The van der Waals surface area contributed by atoms with Gasteiger partial charge in [-0.15, -0.1) is 11.3 Å². The van der Waals surface area contributed by atoms with Crippen LogP contribution in [0.15, 0.2) is 23.6 Å². The van der Waals surface area contributed by atoms with Gasteiger partial charge in [-0.1, -0.05) is 6.07 Å². The van der Waals surface area contributed by atoms with Gasteiger partial charge in [0, 0.05) is 37.1 Å². The summed E-state index contributed by atoms with van der Waals surface area (Å²) in [4.78, 5) is 29.9. The Kier molecular flexibility index (Phi) is 5.14. The fourth-order valence-electron chi connectivity index (χ4n) is 4.28. The number of hydrogen-bond acceptors (Lipinski definition) is 4. The van der Waals surface area contributed by atoms with Crippen LogP contribution in [-0.2, 0) is 14.3 Å². The Balaban J connectivity index is 1.29. The van der Waals surface area contributed by atoms with Crippen molar-refractivity contribution in [2.45, 2.75) is 50.2 Å². The minimum Gasteiger partial charge on any atom is -0.362 e. The van der Waals surface area contributed by atoms with E-state index in [0.717, 1.165) is 56.5 Å². The molecule has 140 valence electrons. The number of rotatable bonds is 3. The van der Waals surface area contributed by atoms with Gasteiger partial charge in [-0.25, -0.2) is 0 Å². The van der Waals surface area contributed by atoms with Crippen LogP contribution in [0.4, 0.5) is 0 Å². The van der Waals surface area contributed by atoms with Crippen LogP contribution < -0.4 is 0 Å². The third-order valence-electron chi connectivity index (χ3n) is 5.87. The van der Waals surface area contributed by atoms with Gasteiger partial charge in [0.05, 0.1) is 5.60 Å². The monoisotopic (exact) mass is 374 g/mol. The first-order valence-electron chi connectivity index (χ1n) is 9.62. The highest BCUT2D eigenvalue weighted by molar-refractivity contribution is 7.10. The zero-order valence-corrected chi connectivity index (χ0v) is 15.9. The highest BCUT2D eigenvalue weighted by Crippen LogP contribution is 2.39. The van der Waals surface area contributed by atoms with E-state index in [-0.39, 0.29) is 23.5 Å². The van der Waals surface area contributed by atoms with Crippen LogP contribution in [0.25, 0.3) is 6.08 Å². The number of amides is 2. The Morgan fingerprint density at radius 3 is 2.58 bits per heavy atom. The summed E-state index contributed by atoms with van der Waals surface area (Å²) in [7, 11) is 0. The topological polar surface area (TPSA) is 49.9 Å². The number of ether oxygens (including phenoxy) is 1. The molecule has 0 radical (unpaired) electrons. The summed E-state index contributed by atoms with van der Waals surface area (Å²) in [5.41, 5.74) is -0.200. The molecule has 6 heteroatoms. The molecule has 0 aromatic carbocycles. The van der Waals surface area contributed by atoms with Crippen molar-refractivity contribution in [3.63, 3.8) is 0 Å². The zero-order valence-electron chi connectivity index (χ0n) is 15.1. The molecule has 0 N–H and O–H groups in total. The molecule has 4 heterocycles. The third kappa shape index (κ3) is 3.71. The van der Waals surface area contributed by atoms with Gasteiger partial charge in [-0.3, -0.25) is 9.59 Å². The van der Waals surface area contributed by atoms with Crippen molar-refractivity contribution in [2.75, 3.05) is 26.2 Å². The number of nitrogens with zero attached hydrogens (tertiary/aromatic N) is 2. The average Bonchev–Trinajstić information content (AvgIpc) is 3.42. The molecule has 3 aliphatic rings. The lowest BCUT2D eigenvalue weighted by atomic mass is 9.88.